The quantitative estimate of drug-likeness (QED) is 0.683. The van der Waals surface area contributed by atoms with Gasteiger partial charge in [-0.05, 0) is 19.9 Å². The first kappa shape index (κ1) is 14.8. The summed E-state index contributed by atoms with van der Waals surface area (Å²) in [5, 5.41) is 16.3. The Labute approximate surface area is 115 Å². The first-order chi connectivity index (χ1) is 9.08. The van der Waals surface area contributed by atoms with Gasteiger partial charge < -0.3 is 20.5 Å². The number of hydrogen-bond acceptors (Lipinski definition) is 4. The van der Waals surface area contributed by atoms with Crippen LogP contribution in [0.15, 0.2) is 0 Å². The van der Waals surface area contributed by atoms with Gasteiger partial charge in [0.1, 0.15) is 5.60 Å². The van der Waals surface area contributed by atoms with Crippen molar-refractivity contribution >= 4 is 5.91 Å². The second-order valence-corrected chi connectivity index (χ2v) is 6.07. The summed E-state index contributed by atoms with van der Waals surface area (Å²) in [5.74, 6) is 0.0246. The molecule has 0 aromatic rings. The third-order valence-electron chi connectivity index (χ3n) is 4.54. The van der Waals surface area contributed by atoms with Crippen molar-refractivity contribution in [3.63, 3.8) is 0 Å². The van der Waals surface area contributed by atoms with Gasteiger partial charge in [-0.15, -0.1) is 0 Å². The molecular formula is C14H26N2O3. The Bertz CT molecular complexity index is 308. The number of ether oxygens (including phenoxy) is 1. The zero-order valence-corrected chi connectivity index (χ0v) is 11.8. The van der Waals surface area contributed by atoms with E-state index in [1.807, 2.05) is 7.05 Å². The molecule has 110 valence electrons. The fourth-order valence-electron chi connectivity index (χ4n) is 3.11. The number of nitrogens with one attached hydrogen (secondary N) is 2. The maximum absolute atomic E-state index is 12.1. The third-order valence-corrected chi connectivity index (χ3v) is 4.54. The van der Waals surface area contributed by atoms with Crippen LogP contribution in [0.3, 0.4) is 0 Å². The lowest BCUT2D eigenvalue weighted by Crippen LogP contribution is -2.50. The van der Waals surface area contributed by atoms with Crippen LogP contribution in [-0.4, -0.2) is 49.0 Å². The normalized spacial score (nSPS) is 30.2. The molecule has 2 fully saturated rings. The zero-order chi connectivity index (χ0) is 13.8. The minimum atomic E-state index is -0.866. The van der Waals surface area contributed by atoms with Gasteiger partial charge >= 0.3 is 0 Å². The van der Waals surface area contributed by atoms with Crippen molar-refractivity contribution in [1.29, 1.82) is 0 Å². The summed E-state index contributed by atoms with van der Waals surface area (Å²) in [7, 11) is 1.94. The number of aliphatic hydroxyl groups is 1. The van der Waals surface area contributed by atoms with E-state index in [0.717, 1.165) is 12.8 Å². The van der Waals surface area contributed by atoms with E-state index in [-0.39, 0.29) is 11.4 Å². The Morgan fingerprint density at radius 3 is 2.58 bits per heavy atom. The molecule has 0 aromatic carbocycles. The molecule has 0 radical (unpaired) electrons. The number of hydrogen-bond donors (Lipinski definition) is 3. The smallest absolute Gasteiger partial charge is 0.221 e. The van der Waals surface area contributed by atoms with Crippen LogP contribution in [0.25, 0.3) is 0 Å². The Kier molecular flexibility index (Phi) is 4.81. The molecule has 1 amide bonds. The van der Waals surface area contributed by atoms with Gasteiger partial charge in [-0.25, -0.2) is 0 Å². The van der Waals surface area contributed by atoms with Gasteiger partial charge in [0.05, 0.1) is 6.61 Å². The van der Waals surface area contributed by atoms with Gasteiger partial charge in [0.15, 0.2) is 0 Å². The number of amides is 1. The summed E-state index contributed by atoms with van der Waals surface area (Å²) in [6.07, 6.45) is 6.86. The van der Waals surface area contributed by atoms with Gasteiger partial charge in [-0.2, -0.15) is 0 Å². The molecule has 3 N–H and O–H groups in total. The van der Waals surface area contributed by atoms with Gasteiger partial charge in [0, 0.05) is 31.5 Å². The van der Waals surface area contributed by atoms with Crippen molar-refractivity contribution in [2.75, 3.05) is 26.8 Å². The van der Waals surface area contributed by atoms with Crippen LogP contribution in [0.5, 0.6) is 0 Å². The van der Waals surface area contributed by atoms with Crippen molar-refractivity contribution in [2.45, 2.75) is 56.1 Å². The van der Waals surface area contributed by atoms with Gasteiger partial charge in [0.25, 0.3) is 0 Å². The highest BCUT2D eigenvalue weighted by Crippen LogP contribution is 2.30. The van der Waals surface area contributed by atoms with Crippen LogP contribution in [0.2, 0.25) is 0 Å². The molecule has 1 saturated heterocycles. The second-order valence-electron chi connectivity index (χ2n) is 6.07. The third kappa shape index (κ3) is 3.91. The largest absolute Gasteiger partial charge is 0.386 e. The summed E-state index contributed by atoms with van der Waals surface area (Å²) >= 11 is 0. The van der Waals surface area contributed by atoms with Crippen molar-refractivity contribution in [2.24, 2.45) is 0 Å². The molecular weight excluding hydrogens is 244 g/mol. The molecule has 1 aliphatic heterocycles. The van der Waals surface area contributed by atoms with Gasteiger partial charge in [0.2, 0.25) is 5.91 Å². The minimum absolute atomic E-state index is 0.0246. The Hall–Kier alpha value is -0.650. The summed E-state index contributed by atoms with van der Waals surface area (Å²) in [5.41, 5.74) is -0.911. The SMILES string of the molecule is CNC1(CC(=O)NCC2(O)CCOC2)CCCCC1. The van der Waals surface area contributed by atoms with Crippen molar-refractivity contribution in [3.05, 3.63) is 0 Å². The molecule has 1 aliphatic carbocycles. The van der Waals surface area contributed by atoms with Gasteiger partial charge in [-0.1, -0.05) is 19.3 Å². The summed E-state index contributed by atoms with van der Waals surface area (Å²) in [4.78, 5) is 12.1. The molecule has 2 rings (SSSR count). The van der Waals surface area contributed by atoms with Crippen LogP contribution in [-0.2, 0) is 9.53 Å². The first-order valence-corrected chi connectivity index (χ1v) is 7.33. The molecule has 1 saturated carbocycles. The summed E-state index contributed by atoms with van der Waals surface area (Å²) in [6.45, 7) is 1.20. The van der Waals surface area contributed by atoms with Crippen LogP contribution in [0, 0.1) is 0 Å². The number of carbonyl (C=O) groups excluding carboxylic acids is 1. The Morgan fingerprint density at radius 1 is 1.26 bits per heavy atom. The molecule has 5 nitrogen and oxygen atoms in total. The molecule has 0 bridgehead atoms. The highest BCUT2D eigenvalue weighted by Gasteiger charge is 2.35. The maximum Gasteiger partial charge on any atom is 0.221 e. The van der Waals surface area contributed by atoms with E-state index in [0.29, 0.717) is 32.6 Å². The molecule has 1 heterocycles. The second kappa shape index (κ2) is 6.20. The summed E-state index contributed by atoms with van der Waals surface area (Å²) < 4.78 is 5.17. The molecule has 1 unspecified atom stereocenters. The van der Waals surface area contributed by atoms with Crippen LogP contribution >= 0.6 is 0 Å². The lowest BCUT2D eigenvalue weighted by molar-refractivity contribution is -0.124. The van der Waals surface area contributed by atoms with E-state index in [1.54, 1.807) is 0 Å². The van der Waals surface area contributed by atoms with Crippen LogP contribution < -0.4 is 10.6 Å². The number of carbonyl (C=O) groups is 1. The molecule has 2 aliphatic rings. The molecule has 5 heteroatoms. The van der Waals surface area contributed by atoms with E-state index >= 15 is 0 Å². The van der Waals surface area contributed by atoms with E-state index in [9.17, 15) is 9.90 Å². The number of rotatable bonds is 5. The van der Waals surface area contributed by atoms with Crippen molar-refractivity contribution < 1.29 is 14.6 Å². The molecule has 1 atom stereocenters. The molecule has 0 aromatic heterocycles. The average Bonchev–Trinajstić information content (AvgIpc) is 2.85. The molecule has 19 heavy (non-hydrogen) atoms. The van der Waals surface area contributed by atoms with Gasteiger partial charge in [-0.3, -0.25) is 4.79 Å². The van der Waals surface area contributed by atoms with Crippen LogP contribution in [0.4, 0.5) is 0 Å². The summed E-state index contributed by atoms with van der Waals surface area (Å²) in [6, 6.07) is 0. The van der Waals surface area contributed by atoms with Crippen LogP contribution in [0.1, 0.15) is 44.9 Å². The monoisotopic (exact) mass is 270 g/mol. The minimum Gasteiger partial charge on any atom is -0.386 e. The van der Waals surface area contributed by atoms with E-state index in [1.165, 1.54) is 19.3 Å². The van der Waals surface area contributed by atoms with E-state index in [4.69, 9.17) is 4.74 Å². The van der Waals surface area contributed by atoms with Crippen molar-refractivity contribution in [1.82, 2.24) is 10.6 Å². The fraction of sp³-hybridized carbons (Fsp3) is 0.929. The predicted octanol–water partition coefficient (Wildman–Crippen LogP) is 0.566. The maximum atomic E-state index is 12.1. The predicted molar refractivity (Wildman–Crippen MR) is 72.9 cm³/mol. The highest BCUT2D eigenvalue weighted by atomic mass is 16.5. The van der Waals surface area contributed by atoms with Crippen molar-refractivity contribution in [3.8, 4) is 0 Å². The standard InChI is InChI=1S/C14H26N2O3/c1-15-13(5-3-2-4-6-13)9-12(17)16-10-14(18)7-8-19-11-14/h15,18H,2-11H2,1H3,(H,16,17). The lowest BCUT2D eigenvalue weighted by atomic mass is 9.79. The Morgan fingerprint density at radius 2 is 2.00 bits per heavy atom. The first-order valence-electron chi connectivity index (χ1n) is 7.33. The van der Waals surface area contributed by atoms with E-state index in [2.05, 4.69) is 10.6 Å². The lowest BCUT2D eigenvalue weighted by Gasteiger charge is -2.37. The van der Waals surface area contributed by atoms with E-state index < -0.39 is 5.60 Å². The highest BCUT2D eigenvalue weighted by molar-refractivity contribution is 5.77. The average molecular weight is 270 g/mol. The zero-order valence-electron chi connectivity index (χ0n) is 11.8. The Balaban J connectivity index is 1.79. The topological polar surface area (TPSA) is 70.6 Å². The fourth-order valence-corrected chi connectivity index (χ4v) is 3.11. The molecule has 0 spiro atoms.